The van der Waals surface area contributed by atoms with E-state index in [0.717, 1.165) is 46.4 Å². The van der Waals surface area contributed by atoms with E-state index in [1.165, 1.54) is 12.8 Å². The number of aromatic nitrogens is 2. The van der Waals surface area contributed by atoms with E-state index >= 15 is 0 Å². The second-order valence-corrected chi connectivity index (χ2v) is 9.00. The average Bonchev–Trinajstić information content (AvgIpc) is 3.30. The lowest BCUT2D eigenvalue weighted by Crippen LogP contribution is -2.45. The van der Waals surface area contributed by atoms with Crippen LogP contribution in [0.4, 0.5) is 5.82 Å². The molecule has 3 aromatic rings. The first-order chi connectivity index (χ1) is 13.6. The van der Waals surface area contributed by atoms with Crippen molar-refractivity contribution in [3.63, 3.8) is 0 Å². The molecule has 3 heterocycles. The molecule has 1 amide bonds. The molecular formula is C21H21ClN4OS. The summed E-state index contributed by atoms with van der Waals surface area (Å²) in [7, 11) is 0. The maximum atomic E-state index is 12.3. The number of hydrogen-bond acceptors (Lipinski definition) is 5. The zero-order valence-electron chi connectivity index (χ0n) is 15.3. The van der Waals surface area contributed by atoms with Crippen molar-refractivity contribution in [1.29, 1.82) is 0 Å². The van der Waals surface area contributed by atoms with Crippen molar-refractivity contribution in [3.05, 3.63) is 41.0 Å². The van der Waals surface area contributed by atoms with Crippen LogP contribution in [-0.2, 0) is 4.79 Å². The van der Waals surface area contributed by atoms with Gasteiger partial charge in [0.2, 0.25) is 5.91 Å². The lowest BCUT2D eigenvalue weighted by molar-refractivity contribution is -0.119. The zero-order chi connectivity index (χ0) is 19.3. The molecule has 28 heavy (non-hydrogen) atoms. The molecule has 2 fully saturated rings. The Labute approximate surface area is 172 Å². The third kappa shape index (κ3) is 2.86. The molecule has 1 saturated carbocycles. The summed E-state index contributed by atoms with van der Waals surface area (Å²) in [6.45, 7) is 0. The van der Waals surface area contributed by atoms with Crippen LogP contribution in [0.1, 0.15) is 32.1 Å². The fourth-order valence-corrected chi connectivity index (χ4v) is 5.95. The summed E-state index contributed by atoms with van der Waals surface area (Å²) in [5.41, 5.74) is 7.98. The Morgan fingerprint density at radius 3 is 2.75 bits per heavy atom. The standard InChI is InChI=1S/C21H21ClN4OS/c22-14-7-5-12(6-8-14)15-10-28-21-18(15)20(24-11-25-21)26-16-4-2-1-3-13(16)9-17(26)19(23)27/h5-8,10-11,13,16-17H,1-4,9H2,(H2,23,27)/t13-,16+,17-/m1/s1. The number of thiophene rings is 1. The maximum Gasteiger partial charge on any atom is 0.240 e. The molecule has 0 radical (unpaired) electrons. The minimum atomic E-state index is -0.302. The highest BCUT2D eigenvalue weighted by Gasteiger charge is 2.45. The van der Waals surface area contributed by atoms with Crippen LogP contribution >= 0.6 is 22.9 Å². The van der Waals surface area contributed by atoms with E-state index in [1.807, 2.05) is 24.3 Å². The molecule has 2 N–H and O–H groups in total. The third-order valence-corrected chi connectivity index (χ3v) is 7.30. The van der Waals surface area contributed by atoms with Gasteiger partial charge in [-0.05, 0) is 42.9 Å². The quantitative estimate of drug-likeness (QED) is 0.680. The van der Waals surface area contributed by atoms with Gasteiger partial charge in [-0.15, -0.1) is 11.3 Å². The second-order valence-electron chi connectivity index (χ2n) is 7.71. The number of carbonyl (C=O) groups excluding carboxylic acids is 1. The Morgan fingerprint density at radius 2 is 1.96 bits per heavy atom. The average molecular weight is 413 g/mol. The molecule has 144 valence electrons. The third-order valence-electron chi connectivity index (χ3n) is 6.17. The fraction of sp³-hybridized carbons (Fsp3) is 0.381. The monoisotopic (exact) mass is 412 g/mol. The van der Waals surface area contributed by atoms with Crippen molar-refractivity contribution in [2.45, 2.75) is 44.2 Å². The number of halogens is 1. The molecule has 7 heteroatoms. The largest absolute Gasteiger partial charge is 0.368 e. The van der Waals surface area contributed by atoms with Gasteiger partial charge in [-0.25, -0.2) is 9.97 Å². The molecular weight excluding hydrogens is 392 g/mol. The van der Waals surface area contributed by atoms with Crippen molar-refractivity contribution in [2.75, 3.05) is 4.90 Å². The van der Waals surface area contributed by atoms with E-state index in [4.69, 9.17) is 17.3 Å². The van der Waals surface area contributed by atoms with Gasteiger partial charge in [0, 0.05) is 22.0 Å². The van der Waals surface area contributed by atoms with Gasteiger partial charge in [0.25, 0.3) is 0 Å². The number of nitrogens with two attached hydrogens (primary N) is 1. The number of benzene rings is 1. The molecule has 0 bridgehead atoms. The van der Waals surface area contributed by atoms with E-state index in [9.17, 15) is 4.79 Å². The van der Waals surface area contributed by atoms with Gasteiger partial charge in [0.1, 0.15) is 23.0 Å². The lowest BCUT2D eigenvalue weighted by atomic mass is 9.84. The van der Waals surface area contributed by atoms with Crippen molar-refractivity contribution in [1.82, 2.24) is 9.97 Å². The first kappa shape index (κ1) is 17.9. The van der Waals surface area contributed by atoms with Crippen LogP contribution in [0.3, 0.4) is 0 Å². The summed E-state index contributed by atoms with van der Waals surface area (Å²) >= 11 is 7.67. The summed E-state index contributed by atoms with van der Waals surface area (Å²) in [5.74, 6) is 1.09. The summed E-state index contributed by atoms with van der Waals surface area (Å²) in [6.07, 6.45) is 7.09. The van der Waals surface area contributed by atoms with Crippen LogP contribution in [0, 0.1) is 5.92 Å². The normalized spacial score (nSPS) is 24.5. The molecule has 3 atom stereocenters. The smallest absolute Gasteiger partial charge is 0.240 e. The van der Waals surface area contributed by atoms with Crippen molar-refractivity contribution < 1.29 is 4.79 Å². The first-order valence-electron chi connectivity index (χ1n) is 9.69. The number of rotatable bonds is 3. The summed E-state index contributed by atoms with van der Waals surface area (Å²) < 4.78 is 0. The summed E-state index contributed by atoms with van der Waals surface area (Å²) in [6, 6.07) is 7.83. The van der Waals surface area contributed by atoms with Crippen molar-refractivity contribution in [3.8, 4) is 11.1 Å². The predicted octanol–water partition coefficient (Wildman–Crippen LogP) is 4.63. The Balaban J connectivity index is 1.68. The topological polar surface area (TPSA) is 72.1 Å². The van der Waals surface area contributed by atoms with Crippen LogP contribution in [-0.4, -0.2) is 28.0 Å². The number of amides is 1. The van der Waals surface area contributed by atoms with Gasteiger partial charge in [0.15, 0.2) is 0 Å². The highest BCUT2D eigenvalue weighted by molar-refractivity contribution is 7.17. The summed E-state index contributed by atoms with van der Waals surface area (Å²) in [4.78, 5) is 24.6. The SMILES string of the molecule is NC(=O)[C@H]1C[C@H]2CCCC[C@@H]2N1c1ncnc2scc(-c3ccc(Cl)cc3)c12. The maximum absolute atomic E-state index is 12.3. The number of fused-ring (bicyclic) bond motifs is 2. The Kier molecular flexibility index (Phi) is 4.48. The van der Waals surface area contributed by atoms with E-state index in [-0.39, 0.29) is 11.9 Å². The predicted molar refractivity (Wildman–Crippen MR) is 114 cm³/mol. The van der Waals surface area contributed by atoms with Gasteiger partial charge in [0.05, 0.1) is 5.39 Å². The van der Waals surface area contributed by atoms with Gasteiger partial charge < -0.3 is 10.6 Å². The van der Waals surface area contributed by atoms with Crippen molar-refractivity contribution >= 4 is 44.9 Å². The van der Waals surface area contributed by atoms with E-state index in [2.05, 4.69) is 20.2 Å². The van der Waals surface area contributed by atoms with Crippen LogP contribution in [0.5, 0.6) is 0 Å². The Bertz CT molecular complexity index is 1030. The second kappa shape index (κ2) is 7.01. The molecule has 2 aliphatic rings. The highest BCUT2D eigenvalue weighted by atomic mass is 35.5. The molecule has 0 unspecified atom stereocenters. The lowest BCUT2D eigenvalue weighted by Gasteiger charge is -2.34. The number of hydrogen-bond donors (Lipinski definition) is 1. The molecule has 2 aromatic heterocycles. The number of nitrogens with zero attached hydrogens (tertiary/aromatic N) is 3. The van der Waals surface area contributed by atoms with Crippen LogP contribution in [0.2, 0.25) is 5.02 Å². The molecule has 1 aromatic carbocycles. The molecule has 1 aliphatic heterocycles. The van der Waals surface area contributed by atoms with Crippen molar-refractivity contribution in [2.24, 2.45) is 11.7 Å². The first-order valence-corrected chi connectivity index (χ1v) is 10.9. The fourth-order valence-electron chi connectivity index (χ4n) is 4.92. The van der Waals surface area contributed by atoms with Gasteiger partial charge in [-0.1, -0.05) is 36.6 Å². The van der Waals surface area contributed by atoms with Gasteiger partial charge >= 0.3 is 0 Å². The minimum Gasteiger partial charge on any atom is -0.368 e. The number of anilines is 1. The zero-order valence-corrected chi connectivity index (χ0v) is 16.9. The molecule has 1 aliphatic carbocycles. The Morgan fingerprint density at radius 1 is 1.18 bits per heavy atom. The van der Waals surface area contributed by atoms with Crippen LogP contribution in [0.15, 0.2) is 36.0 Å². The molecule has 5 nitrogen and oxygen atoms in total. The van der Waals surface area contributed by atoms with Gasteiger partial charge in [-0.2, -0.15) is 0 Å². The molecule has 5 rings (SSSR count). The van der Waals surface area contributed by atoms with Crippen LogP contribution in [0.25, 0.3) is 21.3 Å². The molecule has 0 spiro atoms. The Hall–Kier alpha value is -2.18. The van der Waals surface area contributed by atoms with E-state index in [0.29, 0.717) is 17.0 Å². The van der Waals surface area contributed by atoms with E-state index in [1.54, 1.807) is 17.7 Å². The van der Waals surface area contributed by atoms with Crippen LogP contribution < -0.4 is 10.6 Å². The molecule has 1 saturated heterocycles. The van der Waals surface area contributed by atoms with Gasteiger partial charge in [-0.3, -0.25) is 4.79 Å². The highest BCUT2D eigenvalue weighted by Crippen LogP contribution is 2.46. The number of carbonyl (C=O) groups is 1. The summed E-state index contributed by atoms with van der Waals surface area (Å²) in [5, 5.41) is 3.82. The minimum absolute atomic E-state index is 0.260. The van der Waals surface area contributed by atoms with E-state index < -0.39 is 0 Å². The number of primary amides is 1.